The van der Waals surface area contributed by atoms with Gasteiger partial charge in [-0.1, -0.05) is 18.2 Å². The summed E-state index contributed by atoms with van der Waals surface area (Å²) in [5.41, 5.74) is 0.365. The minimum atomic E-state index is -3.07. The molecule has 0 aliphatic heterocycles. The number of nitro benzene ring substituents is 1. The summed E-state index contributed by atoms with van der Waals surface area (Å²) in [4.78, 5) is 22.5. The lowest BCUT2D eigenvalue weighted by molar-refractivity contribution is -0.385. The molecule has 0 saturated carbocycles. The number of ether oxygens (including phenoxy) is 1. The maximum Gasteiger partial charge on any atom is 0.387 e. The fourth-order valence-corrected chi connectivity index (χ4v) is 1.94. The lowest BCUT2D eigenvalue weighted by Crippen LogP contribution is -2.15. The molecule has 0 aromatic heterocycles. The third kappa shape index (κ3) is 4.00. The zero-order valence-corrected chi connectivity index (χ0v) is 12.0. The second-order valence-electron chi connectivity index (χ2n) is 4.59. The Morgan fingerprint density at radius 1 is 1.26 bits per heavy atom. The summed E-state index contributed by atoms with van der Waals surface area (Å²) in [5.74, 6) is -0.985. The van der Waals surface area contributed by atoms with Crippen LogP contribution in [0.2, 0.25) is 0 Å². The minimum Gasteiger partial charge on any atom is -0.434 e. The largest absolute Gasteiger partial charge is 0.434 e. The number of anilines is 1. The van der Waals surface area contributed by atoms with Gasteiger partial charge in [0, 0.05) is 17.3 Å². The van der Waals surface area contributed by atoms with Crippen molar-refractivity contribution in [2.24, 2.45) is 0 Å². The van der Waals surface area contributed by atoms with Gasteiger partial charge in [0.15, 0.2) is 0 Å². The summed E-state index contributed by atoms with van der Waals surface area (Å²) < 4.78 is 29.0. The number of hydrogen-bond donors (Lipinski definition) is 1. The molecule has 8 heteroatoms. The predicted molar refractivity (Wildman–Crippen MR) is 78.9 cm³/mol. The van der Waals surface area contributed by atoms with E-state index in [0.717, 1.165) is 0 Å². The van der Waals surface area contributed by atoms with Gasteiger partial charge in [-0.25, -0.2) is 0 Å². The average molecular weight is 322 g/mol. The molecule has 2 rings (SSSR count). The number of nitro groups is 1. The molecule has 0 heterocycles. The van der Waals surface area contributed by atoms with E-state index in [1.165, 1.54) is 42.5 Å². The van der Waals surface area contributed by atoms with E-state index >= 15 is 0 Å². The first-order valence-electron chi connectivity index (χ1n) is 6.48. The van der Waals surface area contributed by atoms with Gasteiger partial charge in [0.1, 0.15) is 5.75 Å². The first kappa shape index (κ1) is 16.3. The number of rotatable bonds is 5. The van der Waals surface area contributed by atoms with E-state index in [1.54, 1.807) is 6.92 Å². The van der Waals surface area contributed by atoms with Crippen molar-refractivity contribution in [3.8, 4) is 5.75 Å². The van der Waals surface area contributed by atoms with Crippen LogP contribution in [0, 0.1) is 17.0 Å². The third-order valence-corrected chi connectivity index (χ3v) is 3.01. The number of carbonyl (C=O) groups is 1. The molecule has 0 aliphatic carbocycles. The van der Waals surface area contributed by atoms with Crippen LogP contribution in [0.25, 0.3) is 0 Å². The van der Waals surface area contributed by atoms with E-state index in [9.17, 15) is 23.7 Å². The van der Waals surface area contributed by atoms with E-state index in [-0.39, 0.29) is 22.7 Å². The van der Waals surface area contributed by atoms with Crippen molar-refractivity contribution in [2.45, 2.75) is 13.5 Å². The number of alkyl halides is 2. The van der Waals surface area contributed by atoms with Gasteiger partial charge in [0.05, 0.1) is 10.5 Å². The number of para-hydroxylation sites is 1. The summed E-state index contributed by atoms with van der Waals surface area (Å²) in [7, 11) is 0. The number of carbonyl (C=O) groups excluding carboxylic acids is 1. The second kappa shape index (κ2) is 6.82. The molecule has 0 radical (unpaired) electrons. The quantitative estimate of drug-likeness (QED) is 0.671. The number of halogens is 2. The lowest BCUT2D eigenvalue weighted by Gasteiger charge is -2.11. The van der Waals surface area contributed by atoms with E-state index in [1.807, 2.05) is 0 Å². The topological polar surface area (TPSA) is 81.5 Å². The number of amides is 1. The van der Waals surface area contributed by atoms with Crippen LogP contribution >= 0.6 is 0 Å². The predicted octanol–water partition coefficient (Wildman–Crippen LogP) is 3.76. The van der Waals surface area contributed by atoms with Crippen molar-refractivity contribution < 1.29 is 23.2 Å². The first-order valence-corrected chi connectivity index (χ1v) is 6.48. The van der Waals surface area contributed by atoms with E-state index in [2.05, 4.69) is 10.1 Å². The number of hydrogen-bond acceptors (Lipinski definition) is 4. The summed E-state index contributed by atoms with van der Waals surface area (Å²) in [6.07, 6.45) is 0. The molecule has 1 N–H and O–H groups in total. The highest BCUT2D eigenvalue weighted by molar-refractivity contribution is 6.06. The molecule has 0 atom stereocenters. The number of nitrogens with zero attached hydrogens (tertiary/aromatic N) is 1. The maximum atomic E-state index is 12.3. The Labute approximate surface area is 129 Å². The summed E-state index contributed by atoms with van der Waals surface area (Å²) >= 11 is 0. The molecule has 2 aromatic rings. The Morgan fingerprint density at radius 2 is 1.96 bits per heavy atom. The van der Waals surface area contributed by atoms with Gasteiger partial charge in [-0.3, -0.25) is 14.9 Å². The highest BCUT2D eigenvalue weighted by Gasteiger charge is 2.17. The molecule has 0 fully saturated rings. The first-order chi connectivity index (χ1) is 10.9. The van der Waals surface area contributed by atoms with Crippen LogP contribution in [0.4, 0.5) is 20.2 Å². The highest BCUT2D eigenvalue weighted by Crippen LogP contribution is 2.25. The Balaban J connectivity index is 2.26. The summed E-state index contributed by atoms with van der Waals surface area (Å²) in [6.45, 7) is -1.50. The smallest absolute Gasteiger partial charge is 0.387 e. The van der Waals surface area contributed by atoms with Gasteiger partial charge in [0.25, 0.3) is 11.6 Å². The van der Waals surface area contributed by atoms with E-state index in [0.29, 0.717) is 5.56 Å². The number of benzene rings is 2. The Hall–Kier alpha value is -3.03. The molecule has 0 spiro atoms. The Kier molecular flexibility index (Phi) is 4.85. The summed E-state index contributed by atoms with van der Waals surface area (Å²) in [6, 6.07) is 9.65. The molecule has 0 unspecified atom stereocenters. The maximum absolute atomic E-state index is 12.3. The molecule has 0 bridgehead atoms. The molecular formula is C15H12F2N2O4. The van der Waals surface area contributed by atoms with Crippen molar-refractivity contribution in [1.29, 1.82) is 0 Å². The average Bonchev–Trinajstić information content (AvgIpc) is 2.48. The van der Waals surface area contributed by atoms with Crippen molar-refractivity contribution >= 4 is 17.3 Å². The van der Waals surface area contributed by atoms with Gasteiger partial charge in [-0.05, 0) is 25.1 Å². The molecule has 120 valence electrons. The van der Waals surface area contributed by atoms with Crippen LogP contribution in [0.5, 0.6) is 5.75 Å². The van der Waals surface area contributed by atoms with Gasteiger partial charge < -0.3 is 10.1 Å². The molecule has 0 aliphatic rings. The zero-order chi connectivity index (χ0) is 17.0. The molecule has 1 amide bonds. The van der Waals surface area contributed by atoms with Crippen molar-refractivity contribution in [2.75, 3.05) is 5.32 Å². The van der Waals surface area contributed by atoms with Gasteiger partial charge in [-0.15, -0.1) is 0 Å². The third-order valence-electron chi connectivity index (χ3n) is 3.01. The Bertz CT molecular complexity index is 750. The van der Waals surface area contributed by atoms with Gasteiger partial charge in [-0.2, -0.15) is 8.78 Å². The highest BCUT2D eigenvalue weighted by atomic mass is 19.3. The number of nitrogens with one attached hydrogen (secondary N) is 1. The van der Waals surface area contributed by atoms with Crippen LogP contribution in [-0.2, 0) is 0 Å². The van der Waals surface area contributed by atoms with Crippen molar-refractivity contribution in [3.63, 3.8) is 0 Å². The number of aryl methyl sites for hydroxylation is 1. The normalized spacial score (nSPS) is 10.4. The van der Waals surface area contributed by atoms with Crippen LogP contribution in [-0.4, -0.2) is 17.4 Å². The monoisotopic (exact) mass is 322 g/mol. The van der Waals surface area contributed by atoms with Crippen LogP contribution in [0.15, 0.2) is 42.5 Å². The van der Waals surface area contributed by atoms with Crippen LogP contribution in [0.1, 0.15) is 15.9 Å². The minimum absolute atomic E-state index is 0.101. The lowest BCUT2D eigenvalue weighted by atomic mass is 10.1. The van der Waals surface area contributed by atoms with Gasteiger partial charge >= 0.3 is 6.61 Å². The standard InChI is InChI=1S/C15H12F2N2O4/c1-9-6-7-10(8-12(9)19(21)22)18-14(20)11-4-2-3-5-13(11)23-15(16)17/h2-8,15H,1H3,(H,18,20). The molecule has 0 saturated heterocycles. The molecule has 6 nitrogen and oxygen atoms in total. The second-order valence-corrected chi connectivity index (χ2v) is 4.59. The molecular weight excluding hydrogens is 310 g/mol. The van der Waals surface area contributed by atoms with Crippen LogP contribution in [0.3, 0.4) is 0 Å². The van der Waals surface area contributed by atoms with Crippen LogP contribution < -0.4 is 10.1 Å². The SMILES string of the molecule is Cc1ccc(NC(=O)c2ccccc2OC(F)F)cc1[N+](=O)[O-]. The fourth-order valence-electron chi connectivity index (χ4n) is 1.94. The fraction of sp³-hybridized carbons (Fsp3) is 0.133. The van der Waals surface area contributed by atoms with E-state index < -0.39 is 17.4 Å². The molecule has 23 heavy (non-hydrogen) atoms. The molecule has 2 aromatic carbocycles. The zero-order valence-electron chi connectivity index (χ0n) is 12.0. The summed E-state index contributed by atoms with van der Waals surface area (Å²) in [5, 5.41) is 13.3. The Morgan fingerprint density at radius 3 is 2.61 bits per heavy atom. The van der Waals surface area contributed by atoms with E-state index in [4.69, 9.17) is 0 Å². The van der Waals surface area contributed by atoms with Crippen molar-refractivity contribution in [3.05, 3.63) is 63.7 Å². The van der Waals surface area contributed by atoms with Crippen molar-refractivity contribution in [1.82, 2.24) is 0 Å². The van der Waals surface area contributed by atoms with Gasteiger partial charge in [0.2, 0.25) is 0 Å².